The Morgan fingerprint density at radius 1 is 0.543 bits per heavy atom. The summed E-state index contributed by atoms with van der Waals surface area (Å²) in [5.41, 5.74) is 2.28. The molecule has 17 atom stereocenters. The van der Waals surface area contributed by atoms with E-state index in [1.165, 1.54) is 33.1 Å². The van der Waals surface area contributed by atoms with Crippen molar-refractivity contribution in [2.24, 2.45) is 41.4 Å². The summed E-state index contributed by atoms with van der Waals surface area (Å²) in [7, 11) is 12.3. The number of benzene rings is 1. The maximum atomic E-state index is 15.1. The molecule has 3 aliphatic carbocycles. The van der Waals surface area contributed by atoms with Crippen molar-refractivity contribution in [2.75, 3.05) is 201 Å². The molecule has 9 N–H and O–H groups in total. The van der Waals surface area contributed by atoms with Crippen LogP contribution in [-0.4, -0.2) is 372 Å². The molecule has 2 heterocycles. The molecule has 2 aromatic rings. The average molecular weight is 1980 g/mol. The quantitative estimate of drug-likeness (QED) is 0.0246. The number of likely N-dealkylation sites (tertiary alicyclic amines) is 1. The van der Waals surface area contributed by atoms with Gasteiger partial charge >= 0.3 is 0 Å². The molecule has 1 saturated carbocycles. The van der Waals surface area contributed by atoms with Crippen LogP contribution in [-0.2, 0) is 123 Å². The highest BCUT2D eigenvalue weighted by molar-refractivity contribution is 5.97. The Balaban J connectivity index is 0.991. The van der Waals surface area contributed by atoms with E-state index in [2.05, 4.69) is 85.8 Å². The van der Waals surface area contributed by atoms with Crippen molar-refractivity contribution in [1.29, 1.82) is 0 Å². The summed E-state index contributed by atoms with van der Waals surface area (Å²) < 4.78 is 72.3. The Hall–Kier alpha value is -8.47. The van der Waals surface area contributed by atoms with Crippen LogP contribution in [0.15, 0.2) is 30.3 Å². The number of nitrogens with zero attached hydrogens (tertiary/aromatic N) is 7. The number of fused-ring (bicyclic) bond motifs is 2. The predicted octanol–water partition coefficient (Wildman–Crippen LogP) is 4.71. The van der Waals surface area contributed by atoms with Gasteiger partial charge in [0.05, 0.1) is 207 Å². The van der Waals surface area contributed by atoms with Crippen LogP contribution in [0.3, 0.4) is 0 Å². The lowest BCUT2D eigenvalue weighted by Gasteiger charge is -2.41. The SMILES string of the molecule is CC[C@H](C)[C@@H]([C@@H](CC(=O)N1CCC[C@H]1[C@H](OC)[C@@H](C)C(=O)N[C@H](C)[C@@H](O)c1ccccc1)OC)N(C)C(=O)[C@@H](NC(=O)[C@H](C(C)C)N(C)C(=O)[C@H](C)NC(=O)[C@@H](NC(=O)[C@@H](CCCCNC(=O)COC1CCCCCc2c1nnn2CCOCCOCCOCCOCCC(=O)NCC[N+](C)(C)C)NC(=O)CCOCCOCCOCCOCCNC(=O)CO[C@@H]1[C@@H]2CCC#CCC[C@@H]21)C(C)C)C(C)C. The van der Waals surface area contributed by atoms with E-state index in [-0.39, 0.29) is 107 Å². The zero-order chi connectivity index (χ0) is 103. The lowest BCUT2D eigenvalue weighted by molar-refractivity contribution is -0.869. The molecule has 1 aromatic carbocycles. The number of hydrogen-bond donors (Lipinski definition) is 9. The first-order valence-electron chi connectivity index (χ1n) is 51.0. The Labute approximate surface area is 831 Å². The summed E-state index contributed by atoms with van der Waals surface area (Å²) in [6, 6.07) is 1.36. The van der Waals surface area contributed by atoms with E-state index in [0.717, 1.165) is 68.1 Å². The number of rotatable bonds is 71. The van der Waals surface area contributed by atoms with Crippen molar-refractivity contribution < 1.29 is 119 Å². The topological polar surface area (TPSA) is 455 Å². The lowest BCUT2D eigenvalue weighted by Crippen LogP contribution is -2.62. The van der Waals surface area contributed by atoms with E-state index in [9.17, 15) is 53.1 Å². The molecule has 0 spiro atoms. The summed E-state index contributed by atoms with van der Waals surface area (Å²) in [5, 5.41) is 43.1. The first kappa shape index (κ1) is 120. The molecular formula is C101H172N15O24+. The Bertz CT molecular complexity index is 4060. The van der Waals surface area contributed by atoms with Gasteiger partial charge < -0.3 is 124 Å². The number of aromatic nitrogens is 3. The highest BCUT2D eigenvalue weighted by atomic mass is 16.6. The monoisotopic (exact) mass is 1980 g/mol. The van der Waals surface area contributed by atoms with Gasteiger partial charge in [-0.25, -0.2) is 4.68 Å². The van der Waals surface area contributed by atoms with Gasteiger partial charge in [-0.05, 0) is 119 Å². The molecule has 1 saturated heterocycles. The molecule has 140 heavy (non-hydrogen) atoms. The molecular weight excluding hydrogens is 1810 g/mol. The zero-order valence-corrected chi connectivity index (χ0v) is 87.1. The number of carbonyl (C=O) groups is 11. The standard InChI is InChI=1S/C101H171N15O24/c1-19-71(8)92(82(129-17)65-87(121)114-46-32-39-80(114)94(130-18)72(9)96(123)105-73(10)93(122)75-33-24-22-25-34-75)113(13)101(128)89(69(4)5)109-99(126)91(70(6)7)112(12)100(127)74(11)106-98(125)88(68(2)3)108-97(124)78(107-84(118)42-50-132-54-58-136-61-63-137-59-55-133-51-45-104-86(120)67-140-95-76-35-26-20-21-27-36-77(76)95)37-30-31-43-102-85(119)66-139-81-40-29-23-28-38-79-90(81)110-111-115(79)47-52-134-56-60-138-64-62-135-57-53-131-49-41-83(117)103-44-48-116(14,15)16/h22,24-25,33-34,68-74,76-78,80-82,88-89,91-95,122H,19,23,26-32,35-67H2,1-18H3,(H7-,102,103,104,105,106,107,108,109,117,118,119,120,123,124,125,126)/p+1/t71-,72+,73+,74-,76-,77+,78+,80-,81?,82+,88-,89-,91-,92-,93+,94+,95-/m0/s1. The molecule has 1 unspecified atom stereocenters. The van der Waals surface area contributed by atoms with Crippen molar-refractivity contribution in [2.45, 2.75) is 277 Å². The van der Waals surface area contributed by atoms with Gasteiger partial charge in [0, 0.05) is 73.6 Å². The fourth-order valence-corrected chi connectivity index (χ4v) is 17.9. The Morgan fingerprint density at radius 3 is 1.67 bits per heavy atom. The average Bonchev–Trinajstić information content (AvgIpc) is 1.62. The summed E-state index contributed by atoms with van der Waals surface area (Å²) in [6.45, 7) is 26.9. The highest BCUT2D eigenvalue weighted by Crippen LogP contribution is 2.48. The Morgan fingerprint density at radius 2 is 1.10 bits per heavy atom. The largest absolute Gasteiger partial charge is 0.386 e. The molecule has 6 rings (SSSR count). The van der Waals surface area contributed by atoms with Crippen LogP contribution in [0.25, 0.3) is 0 Å². The third kappa shape index (κ3) is 42.8. The van der Waals surface area contributed by atoms with Crippen LogP contribution in [0.1, 0.15) is 214 Å². The first-order valence-corrected chi connectivity index (χ1v) is 51.0. The molecule has 39 heteroatoms. The van der Waals surface area contributed by atoms with Crippen LogP contribution in [0.2, 0.25) is 0 Å². The third-order valence-corrected chi connectivity index (χ3v) is 26.3. The number of carbonyl (C=O) groups excluding carboxylic acids is 11. The van der Waals surface area contributed by atoms with Crippen molar-refractivity contribution in [3.8, 4) is 11.8 Å². The number of hydrogen-bond acceptors (Lipinski definition) is 26. The minimum atomic E-state index is -1.25. The van der Waals surface area contributed by atoms with E-state index < -0.39 is 132 Å². The highest BCUT2D eigenvalue weighted by Gasteiger charge is 2.51. The van der Waals surface area contributed by atoms with E-state index >= 15 is 4.79 Å². The van der Waals surface area contributed by atoms with Crippen LogP contribution in [0.5, 0.6) is 0 Å². The maximum Gasteiger partial charge on any atom is 0.246 e. The molecule has 794 valence electrons. The fraction of sp³-hybridized carbons (Fsp3) is 0.792. The summed E-state index contributed by atoms with van der Waals surface area (Å²) in [4.78, 5) is 158. The molecule has 2 fully saturated rings. The molecule has 1 aliphatic heterocycles. The number of amides is 11. The van der Waals surface area contributed by atoms with Gasteiger partial charge in [0.25, 0.3) is 0 Å². The summed E-state index contributed by atoms with van der Waals surface area (Å²) >= 11 is 0. The number of aliphatic hydroxyl groups excluding tert-OH is 1. The first-order chi connectivity index (χ1) is 67.0. The normalized spacial score (nSPS) is 19.0. The maximum absolute atomic E-state index is 15.1. The van der Waals surface area contributed by atoms with Crippen LogP contribution >= 0.6 is 0 Å². The predicted molar refractivity (Wildman–Crippen MR) is 525 cm³/mol. The van der Waals surface area contributed by atoms with E-state index in [4.69, 9.17) is 56.8 Å². The van der Waals surface area contributed by atoms with E-state index in [0.29, 0.717) is 174 Å². The second-order valence-corrected chi connectivity index (χ2v) is 39.2. The van der Waals surface area contributed by atoms with Gasteiger partial charge in [0.15, 0.2) is 0 Å². The van der Waals surface area contributed by atoms with Gasteiger partial charge in [-0.2, -0.15) is 0 Å². The van der Waals surface area contributed by atoms with Crippen LogP contribution in [0.4, 0.5) is 0 Å². The minimum Gasteiger partial charge on any atom is -0.386 e. The molecule has 39 nitrogen and oxygen atoms in total. The lowest BCUT2D eigenvalue weighted by atomic mass is 9.89. The van der Waals surface area contributed by atoms with Crippen molar-refractivity contribution in [3.63, 3.8) is 0 Å². The number of methoxy groups -OCH3 is 2. The number of unbranched alkanes of at least 4 members (excludes halogenated alkanes) is 1. The molecule has 4 aliphatic rings. The smallest absolute Gasteiger partial charge is 0.246 e. The van der Waals surface area contributed by atoms with E-state index in [1.807, 2.05) is 36.7 Å². The van der Waals surface area contributed by atoms with Crippen molar-refractivity contribution in [3.05, 3.63) is 47.3 Å². The van der Waals surface area contributed by atoms with Gasteiger partial charge in [-0.3, -0.25) is 52.7 Å². The molecule has 0 radical (unpaired) electrons. The number of likely N-dealkylation sites (N-methyl/N-ethyl adjacent to an activating group) is 3. The third-order valence-electron chi connectivity index (χ3n) is 26.3. The van der Waals surface area contributed by atoms with Gasteiger partial charge in [0.2, 0.25) is 65.0 Å². The van der Waals surface area contributed by atoms with Crippen molar-refractivity contribution >= 4 is 65.0 Å². The fourth-order valence-electron chi connectivity index (χ4n) is 17.9. The molecule has 11 amide bonds. The minimum absolute atomic E-state index is 0.0131. The van der Waals surface area contributed by atoms with Gasteiger partial charge in [-0.15, -0.1) is 16.9 Å². The molecule has 0 bridgehead atoms. The second kappa shape index (κ2) is 65.7. The van der Waals surface area contributed by atoms with E-state index in [1.54, 1.807) is 84.4 Å². The molecule has 1 aromatic heterocycles. The van der Waals surface area contributed by atoms with Gasteiger partial charge in [-0.1, -0.05) is 117 Å². The summed E-state index contributed by atoms with van der Waals surface area (Å²) in [5.74, 6) is 0.0893. The number of nitrogens with one attached hydrogen (secondary N) is 8. The van der Waals surface area contributed by atoms with Crippen LogP contribution in [0, 0.1) is 53.3 Å². The summed E-state index contributed by atoms with van der Waals surface area (Å²) in [6.07, 6.45) is 7.83. The second-order valence-electron chi connectivity index (χ2n) is 39.2. The Kier molecular flexibility index (Phi) is 56.4. The zero-order valence-electron chi connectivity index (χ0n) is 87.1. The number of ether oxygens (including phenoxy) is 12. The van der Waals surface area contributed by atoms with Crippen LogP contribution < -0.4 is 42.5 Å². The van der Waals surface area contributed by atoms with Crippen molar-refractivity contribution in [1.82, 2.24) is 72.2 Å². The number of aliphatic hydroxyl groups is 1. The number of quaternary nitrogens is 1. The van der Waals surface area contributed by atoms with Gasteiger partial charge in [0.1, 0.15) is 55.2 Å².